The molecule has 2 aromatic carbocycles. The second-order valence-electron chi connectivity index (χ2n) is 8.36. The largest absolute Gasteiger partial charge is 0.295 e. The number of nitrogens with zero attached hydrogens (tertiary/aromatic N) is 3. The zero-order chi connectivity index (χ0) is 28.5. The van der Waals surface area contributed by atoms with Crippen molar-refractivity contribution in [2.24, 2.45) is 5.10 Å². The molecule has 14 heteroatoms. The van der Waals surface area contributed by atoms with Crippen molar-refractivity contribution in [1.29, 1.82) is 0 Å². The molecule has 2 heterocycles. The van der Waals surface area contributed by atoms with Crippen LogP contribution in [-0.2, 0) is 25.0 Å². The van der Waals surface area contributed by atoms with Crippen molar-refractivity contribution in [3.05, 3.63) is 100 Å². The predicted octanol–water partition coefficient (Wildman–Crippen LogP) is 2.89. The lowest BCUT2D eigenvalue weighted by molar-refractivity contribution is -0.114. The molecular weight excluding hydrogens is 548 g/mol. The summed E-state index contributed by atoms with van der Waals surface area (Å²) in [6, 6.07) is 10.2. The number of H-pyrrole nitrogens is 1. The highest BCUT2D eigenvalue weighted by Crippen LogP contribution is 2.25. The lowest BCUT2D eigenvalue weighted by atomic mass is 10.1. The fourth-order valence-electron chi connectivity index (χ4n) is 3.72. The van der Waals surface area contributed by atoms with Crippen LogP contribution in [0.1, 0.15) is 18.2 Å². The third-order valence-corrected chi connectivity index (χ3v) is 7.44. The van der Waals surface area contributed by atoms with E-state index in [4.69, 9.17) is 9.11 Å². The van der Waals surface area contributed by atoms with Crippen LogP contribution < -0.4 is 10.6 Å². The Morgan fingerprint density at radius 2 is 1.33 bits per heavy atom. The van der Waals surface area contributed by atoms with Gasteiger partial charge in [-0.25, -0.2) is 4.68 Å². The van der Waals surface area contributed by atoms with Gasteiger partial charge in [0.05, 0.1) is 38.0 Å². The van der Waals surface area contributed by atoms with Crippen LogP contribution in [-0.4, -0.2) is 47.3 Å². The van der Waals surface area contributed by atoms with Crippen LogP contribution in [0.3, 0.4) is 0 Å². The number of aryl methyl sites for hydroxylation is 1. The van der Waals surface area contributed by atoms with Gasteiger partial charge in [-0.3, -0.25) is 23.8 Å². The highest BCUT2D eigenvalue weighted by molar-refractivity contribution is 7.86. The SMILES string of the molecule is CC1=NN(c2ccc(S(=O)(=O)O)cc2)C(=O)/C1=C/C=C/C=Cc1c(C)[nH]n(-c2ccc(S(=O)(=O)O)cc2)c1=O. The van der Waals surface area contributed by atoms with Crippen molar-refractivity contribution in [2.45, 2.75) is 23.6 Å². The van der Waals surface area contributed by atoms with Gasteiger partial charge >= 0.3 is 0 Å². The molecule has 1 aliphatic heterocycles. The maximum absolute atomic E-state index is 12.8. The van der Waals surface area contributed by atoms with Crippen molar-refractivity contribution >= 4 is 43.6 Å². The first-order valence-corrected chi connectivity index (χ1v) is 14.1. The van der Waals surface area contributed by atoms with Gasteiger partial charge in [-0.1, -0.05) is 18.2 Å². The van der Waals surface area contributed by atoms with Gasteiger partial charge < -0.3 is 0 Å². The molecule has 1 aromatic heterocycles. The molecule has 1 aliphatic rings. The van der Waals surface area contributed by atoms with E-state index < -0.39 is 26.1 Å². The average Bonchev–Trinajstić information content (AvgIpc) is 3.32. The zero-order valence-electron chi connectivity index (χ0n) is 20.5. The number of carbonyl (C=O) groups excluding carboxylic acids is 1. The normalized spacial score (nSPS) is 15.7. The van der Waals surface area contributed by atoms with Gasteiger partial charge in [0.25, 0.3) is 31.7 Å². The summed E-state index contributed by atoms with van der Waals surface area (Å²) in [5.41, 5.74) is 2.00. The highest BCUT2D eigenvalue weighted by atomic mass is 32.2. The lowest BCUT2D eigenvalue weighted by Crippen LogP contribution is -2.21. The van der Waals surface area contributed by atoms with Crippen LogP contribution in [0.5, 0.6) is 0 Å². The molecule has 3 aromatic rings. The molecule has 0 radical (unpaired) electrons. The maximum Gasteiger partial charge on any atom is 0.294 e. The van der Waals surface area contributed by atoms with Gasteiger partial charge in [0.15, 0.2) is 0 Å². The zero-order valence-corrected chi connectivity index (χ0v) is 22.1. The van der Waals surface area contributed by atoms with Crippen molar-refractivity contribution in [3.8, 4) is 5.69 Å². The molecule has 12 nitrogen and oxygen atoms in total. The summed E-state index contributed by atoms with van der Waals surface area (Å²) < 4.78 is 64.4. The van der Waals surface area contributed by atoms with Gasteiger partial charge in [-0.2, -0.15) is 26.9 Å². The number of nitrogens with one attached hydrogen (secondary N) is 1. The Bertz CT molecular complexity index is 1840. The Morgan fingerprint density at radius 3 is 1.87 bits per heavy atom. The van der Waals surface area contributed by atoms with E-state index in [0.717, 1.165) is 5.01 Å². The smallest absolute Gasteiger partial charge is 0.294 e. The number of allylic oxidation sites excluding steroid dienone is 4. The number of aromatic nitrogens is 2. The van der Waals surface area contributed by atoms with Gasteiger partial charge in [0.2, 0.25) is 0 Å². The summed E-state index contributed by atoms with van der Waals surface area (Å²) in [4.78, 5) is 25.1. The summed E-state index contributed by atoms with van der Waals surface area (Å²) >= 11 is 0. The molecule has 0 atom stereocenters. The molecule has 3 N–H and O–H groups in total. The van der Waals surface area contributed by atoms with Gasteiger partial charge in [-0.15, -0.1) is 0 Å². The topological polar surface area (TPSA) is 179 Å². The van der Waals surface area contributed by atoms with E-state index >= 15 is 0 Å². The van der Waals surface area contributed by atoms with Crippen LogP contribution in [0.2, 0.25) is 0 Å². The quantitative estimate of drug-likeness (QED) is 0.220. The third-order valence-electron chi connectivity index (χ3n) is 5.70. The van der Waals surface area contributed by atoms with E-state index in [0.29, 0.717) is 33.9 Å². The molecule has 0 fully saturated rings. The number of hydrogen-bond acceptors (Lipinski definition) is 7. The molecular formula is C25H22N4O8S2. The van der Waals surface area contributed by atoms with E-state index in [1.807, 2.05) is 0 Å². The molecule has 0 unspecified atom stereocenters. The monoisotopic (exact) mass is 570 g/mol. The molecule has 0 saturated heterocycles. The van der Waals surface area contributed by atoms with Gasteiger partial charge in [0, 0.05) is 5.69 Å². The maximum atomic E-state index is 12.8. The van der Waals surface area contributed by atoms with Gasteiger partial charge in [0.1, 0.15) is 0 Å². The number of hydrogen-bond donors (Lipinski definition) is 3. The van der Waals surface area contributed by atoms with Crippen molar-refractivity contribution in [2.75, 3.05) is 5.01 Å². The number of amides is 1. The number of hydrazone groups is 1. The van der Waals surface area contributed by atoms with E-state index in [9.17, 15) is 26.4 Å². The van der Waals surface area contributed by atoms with Crippen LogP contribution in [0.4, 0.5) is 5.69 Å². The first kappa shape index (κ1) is 27.7. The number of carbonyl (C=O) groups is 1. The Labute approximate surface area is 223 Å². The van der Waals surface area contributed by atoms with Crippen LogP contribution in [0.15, 0.2) is 98.1 Å². The van der Waals surface area contributed by atoms with Crippen molar-refractivity contribution < 1.29 is 30.7 Å². The Hall–Kier alpha value is -4.37. The second kappa shape index (κ2) is 10.4. The molecule has 39 heavy (non-hydrogen) atoms. The summed E-state index contributed by atoms with van der Waals surface area (Å²) in [7, 11) is -8.71. The van der Waals surface area contributed by atoms with Crippen molar-refractivity contribution in [1.82, 2.24) is 9.78 Å². The minimum Gasteiger partial charge on any atom is -0.295 e. The number of rotatable bonds is 7. The van der Waals surface area contributed by atoms with Gasteiger partial charge in [-0.05, 0) is 74.5 Å². The molecule has 0 aliphatic carbocycles. The predicted molar refractivity (Wildman–Crippen MR) is 144 cm³/mol. The average molecular weight is 571 g/mol. The van der Waals surface area contributed by atoms with E-state index in [2.05, 4.69) is 10.2 Å². The Balaban J connectivity index is 1.48. The molecule has 1 amide bonds. The first-order valence-electron chi connectivity index (χ1n) is 11.2. The fraction of sp³-hybridized carbons (Fsp3) is 0.0800. The second-order valence-corrected chi connectivity index (χ2v) is 11.2. The molecule has 0 spiro atoms. The third kappa shape index (κ3) is 5.88. The molecule has 4 rings (SSSR count). The molecule has 202 valence electrons. The highest BCUT2D eigenvalue weighted by Gasteiger charge is 2.28. The number of benzene rings is 2. The number of anilines is 1. The van der Waals surface area contributed by atoms with Crippen LogP contribution >= 0.6 is 0 Å². The Morgan fingerprint density at radius 1 is 0.795 bits per heavy atom. The van der Waals surface area contributed by atoms with E-state index in [1.54, 1.807) is 44.2 Å². The van der Waals surface area contributed by atoms with Crippen LogP contribution in [0, 0.1) is 6.92 Å². The van der Waals surface area contributed by atoms with E-state index in [1.165, 1.54) is 53.2 Å². The lowest BCUT2D eigenvalue weighted by Gasteiger charge is -2.11. The minimum absolute atomic E-state index is 0.291. The van der Waals surface area contributed by atoms with Crippen LogP contribution in [0.25, 0.3) is 11.8 Å². The fourth-order valence-corrected chi connectivity index (χ4v) is 4.68. The summed E-state index contributed by atoms with van der Waals surface area (Å²) in [6.45, 7) is 3.35. The summed E-state index contributed by atoms with van der Waals surface area (Å²) in [5.74, 6) is -0.426. The number of aromatic amines is 1. The van der Waals surface area contributed by atoms with Crippen molar-refractivity contribution in [3.63, 3.8) is 0 Å². The summed E-state index contributed by atoms with van der Waals surface area (Å²) in [6.07, 6.45) is 7.96. The molecule has 0 saturated carbocycles. The van der Waals surface area contributed by atoms with E-state index in [-0.39, 0.29) is 15.4 Å². The Kier molecular flexibility index (Phi) is 7.39. The summed E-state index contributed by atoms with van der Waals surface area (Å²) in [5, 5.41) is 8.23. The minimum atomic E-state index is -4.36. The molecule has 0 bridgehead atoms. The standard InChI is InChI=1S/C25H22N4O8S2/c1-16-22(24(30)28(26-16)18-8-12-20(13-9-18)38(32,33)34)6-4-3-5-7-23-17(2)27-29(25(23)31)19-10-14-21(15-11-19)39(35,36)37/h3-15,26H,1-2H3,(H,32,33,34)(H,35,36,37)/b5-3+,6-4?,23-7+. The first-order chi connectivity index (χ1) is 18.3.